The van der Waals surface area contributed by atoms with Gasteiger partial charge >= 0.3 is 34.1 Å². The van der Waals surface area contributed by atoms with Crippen LogP contribution in [0.2, 0.25) is 0 Å². The van der Waals surface area contributed by atoms with Crippen LogP contribution in [0.1, 0.15) is 335 Å². The van der Waals surface area contributed by atoms with Crippen molar-refractivity contribution in [3.63, 3.8) is 0 Å². The molecule has 145 heavy (non-hydrogen) atoms. The zero-order chi connectivity index (χ0) is 106. The van der Waals surface area contributed by atoms with Crippen molar-refractivity contribution in [3.8, 4) is 57.5 Å². The van der Waals surface area contributed by atoms with Crippen LogP contribution in [0.3, 0.4) is 0 Å². The van der Waals surface area contributed by atoms with Gasteiger partial charge in [-0.15, -0.1) is 0 Å². The van der Waals surface area contributed by atoms with Crippen LogP contribution in [0.15, 0.2) is 120 Å². The van der Waals surface area contributed by atoms with Crippen LogP contribution >= 0.6 is 0 Å². The predicted molar refractivity (Wildman–Crippen MR) is 561 cm³/mol. The molecule has 29 nitrogen and oxygen atoms in total. The lowest BCUT2D eigenvalue weighted by Gasteiger charge is -2.37. The summed E-state index contributed by atoms with van der Waals surface area (Å²) in [6, 6.07) is 7.31. The molecule has 0 fully saturated rings. The van der Waals surface area contributed by atoms with Crippen molar-refractivity contribution in [2.45, 2.75) is 317 Å². The number of esters is 1. The fraction of sp³-hybridized carbons (Fsp3) is 0.466. The number of carbonyl (C=O) groups is 5. The van der Waals surface area contributed by atoms with Crippen molar-refractivity contribution >= 4 is 114 Å². The molecule has 17 rings (SSSR count). The summed E-state index contributed by atoms with van der Waals surface area (Å²) in [5.74, 6) is -1.12. The molecule has 0 amide bonds. The van der Waals surface area contributed by atoms with Gasteiger partial charge in [0.25, 0.3) is 0 Å². The summed E-state index contributed by atoms with van der Waals surface area (Å²) in [5.41, 5.74) is 2.83. The molecule has 6 N–H and O–H groups in total. The molecule has 0 unspecified atom stereocenters. The Balaban J connectivity index is 0.000000170. The molecule has 12 heterocycles. The summed E-state index contributed by atoms with van der Waals surface area (Å²) in [7, 11) is 0. The molecule has 5 aromatic heterocycles. The topological polar surface area (TPSA) is 432 Å². The fourth-order valence-corrected chi connectivity index (χ4v) is 18.3. The predicted octanol–water partition coefficient (Wildman–Crippen LogP) is 23.0. The molecular formula is C116H140O29. The quantitative estimate of drug-likeness (QED) is 0.0179. The van der Waals surface area contributed by atoms with Crippen LogP contribution < -0.4 is 61.3 Å². The second kappa shape index (κ2) is 43.9. The number of aliphatic hydroxyl groups is 3. The third kappa shape index (κ3) is 22.8. The number of benzene rings is 5. The van der Waals surface area contributed by atoms with E-state index in [-0.39, 0.29) is 117 Å². The average molecular weight is 2000 g/mol. The van der Waals surface area contributed by atoms with Gasteiger partial charge in [-0.1, -0.05) is 129 Å². The number of hydrogen-bond acceptors (Lipinski definition) is 29. The van der Waals surface area contributed by atoms with Gasteiger partial charge in [0.1, 0.15) is 120 Å². The van der Waals surface area contributed by atoms with E-state index >= 15 is 0 Å². The number of hydrogen-bond donors (Lipinski definition) is 6. The minimum Gasteiger partial charge on any atom is -0.506 e. The summed E-state index contributed by atoms with van der Waals surface area (Å²) in [5, 5.41) is 66.7. The van der Waals surface area contributed by atoms with Crippen molar-refractivity contribution in [3.05, 3.63) is 209 Å². The lowest BCUT2D eigenvalue weighted by molar-refractivity contribution is -0.135. The van der Waals surface area contributed by atoms with Gasteiger partial charge in [-0.3, -0.25) is 24.0 Å². The number of aryl methyl sites for hydroxylation is 5. The van der Waals surface area contributed by atoms with Gasteiger partial charge in [0.2, 0.25) is 0 Å². The van der Waals surface area contributed by atoms with Gasteiger partial charge in [-0.25, -0.2) is 24.0 Å². The Kier molecular flexibility index (Phi) is 33.9. The maximum Gasteiger partial charge on any atom is 0.336 e. The van der Waals surface area contributed by atoms with Crippen molar-refractivity contribution in [1.29, 1.82) is 0 Å². The second-order valence-electron chi connectivity index (χ2n) is 41.3. The van der Waals surface area contributed by atoms with E-state index in [1.165, 1.54) is 51.1 Å². The maximum atomic E-state index is 13.2. The molecule has 0 radical (unpaired) electrons. The number of Topliss-reactive ketones (excluding diaryl/α,β-unsaturated/α-hetero) is 4. The number of aromatic hydroxyl groups is 3. The highest BCUT2D eigenvalue weighted by Crippen LogP contribution is 2.56. The average Bonchev–Trinajstić information content (AvgIpc) is 0.710. The Morgan fingerprint density at radius 3 is 0.938 bits per heavy atom. The van der Waals surface area contributed by atoms with Crippen molar-refractivity contribution in [2.75, 3.05) is 0 Å². The number of phenolic OH excluding ortho intramolecular Hbond substituents is 3. The van der Waals surface area contributed by atoms with E-state index < -0.39 is 97.8 Å². The molecule has 0 saturated carbocycles. The van der Waals surface area contributed by atoms with Crippen LogP contribution in [0.5, 0.6) is 57.5 Å². The Hall–Kier alpha value is -13.4. The van der Waals surface area contributed by atoms with Crippen LogP contribution in [-0.2, 0) is 41.6 Å². The van der Waals surface area contributed by atoms with E-state index in [2.05, 4.69) is 18.2 Å². The first kappa shape index (κ1) is 112. The first-order chi connectivity index (χ1) is 67.4. The van der Waals surface area contributed by atoms with Crippen LogP contribution in [0, 0.1) is 35.5 Å². The summed E-state index contributed by atoms with van der Waals surface area (Å²) in [4.78, 5) is 123. The number of rotatable bonds is 20. The highest BCUT2D eigenvalue weighted by molar-refractivity contribution is 6.17. The van der Waals surface area contributed by atoms with Crippen molar-refractivity contribution in [1.82, 2.24) is 0 Å². The van der Waals surface area contributed by atoms with Gasteiger partial charge in [0.15, 0.2) is 51.0 Å². The molecule has 778 valence electrons. The molecule has 10 atom stereocenters. The van der Waals surface area contributed by atoms with Crippen molar-refractivity contribution in [2.24, 2.45) is 35.5 Å². The molecule has 0 saturated heterocycles. The Morgan fingerprint density at radius 1 is 0.393 bits per heavy atom. The Morgan fingerprint density at radius 2 is 0.655 bits per heavy atom. The summed E-state index contributed by atoms with van der Waals surface area (Å²) >= 11 is 0. The third-order valence-electron chi connectivity index (χ3n) is 27.0. The number of carbonyl (C=O) groups excluding carboxylic acids is 5. The molecule has 0 aliphatic carbocycles. The van der Waals surface area contributed by atoms with E-state index in [4.69, 9.17) is 55.2 Å². The molecule has 0 spiro atoms. The molecule has 10 aromatic rings. The van der Waals surface area contributed by atoms with Gasteiger partial charge < -0.3 is 90.6 Å². The Labute approximate surface area is 843 Å². The first-order valence-electron chi connectivity index (χ1n) is 49.6. The number of ketones is 4. The molecule has 0 bridgehead atoms. The van der Waals surface area contributed by atoms with E-state index in [0.717, 1.165) is 78.0 Å². The maximum absolute atomic E-state index is 13.2. The van der Waals surface area contributed by atoms with Crippen LogP contribution in [-0.4, -0.2) is 112 Å². The van der Waals surface area contributed by atoms with E-state index in [0.29, 0.717) is 132 Å². The Bertz CT molecular complexity index is 6860. The summed E-state index contributed by atoms with van der Waals surface area (Å²) < 4.78 is 75.0. The molecule has 7 aliphatic heterocycles. The zero-order valence-electron chi connectivity index (χ0n) is 87.4. The van der Waals surface area contributed by atoms with E-state index in [1.807, 2.05) is 176 Å². The molecule has 5 aromatic carbocycles. The SMILES string of the molecule is C.C=COC(C)=O.CCCc1cc(=O)oc2c(C(=O)[C@@H](C)[C@H](C)O)c(O)c3c(c12)OC(C)(C)C=C3.CCCc1cc(=O)oc2c(C(=O)[C@@H](C)[C@H](C)O)c(O)c3c(c12)OC(C)(C)C=C3.CCCc1cc(=O)oc2c(C(=O)[C@H](C)C(C)C)c(O)c3c(c12)OC(C)(C)C=C3.CCCc1cc(=O)oc2c3c(c4c(c12)OC(C)(C)C=C4)O[C@H](C)[C@H](C)C3=O.CCCc1cc(=O)oc2c3c(c4c(c12)OC(C)(C)C=C4)O[C@H](C)[C@H](C)[C@@H]3O. The summed E-state index contributed by atoms with van der Waals surface area (Å²) in [6.07, 6.45) is 24.0. The monoisotopic (exact) mass is 2000 g/mol. The molecule has 29 heteroatoms. The lowest BCUT2D eigenvalue weighted by atomic mass is 9.85. The number of ether oxygens (including phenoxy) is 8. The standard InChI is InChI=1S/C23H28O5.2C22H26O6.C22H26O5.C22H24O5.C4H6O2.CH4/c1-7-8-14-11-16(24)27-22-17(14)21-15(9-10-23(5,6)28-21)20(26)18(22)19(25)13(4)12(2)3;2*1-6-7-13-10-15(24)27-21-16(13)20-14(8-9-22(4,5)28-20)19(26)17(21)18(25)11(2)12(3)23;2*1-6-7-13-10-15(23)26-21-16(13)20-14(8-9-22(4,5)27-20)19-17(21)18(24)11(2)12(3)25-19;1-3-6-4(2)5;/h9-13,26H,7-8H2,1-6H3;2*8-12,23,26H,6-7H2,1-5H3;8-12,18,24H,6-7H2,1-5H3;8-12H,6-7H2,1-5H3;3H,1H2,2H3;1H4/t13-;2*11-,12-;11-,12+,18-;11-,12+;;/m10000../s1. The highest BCUT2D eigenvalue weighted by Gasteiger charge is 2.45. The smallest absolute Gasteiger partial charge is 0.336 e. The lowest BCUT2D eigenvalue weighted by Crippen LogP contribution is -2.35. The van der Waals surface area contributed by atoms with Gasteiger partial charge in [0, 0.05) is 60.9 Å². The van der Waals surface area contributed by atoms with Crippen LogP contribution in [0.25, 0.3) is 85.2 Å². The minimum atomic E-state index is -0.922. The number of phenols is 3. The third-order valence-corrected chi connectivity index (χ3v) is 27.0. The molecular weight excluding hydrogens is 1860 g/mol. The van der Waals surface area contributed by atoms with Crippen molar-refractivity contribution < 1.29 is 115 Å². The minimum absolute atomic E-state index is 0. The van der Waals surface area contributed by atoms with Gasteiger partial charge in [0.05, 0.1) is 90.8 Å². The normalized spacial score (nSPS) is 19.0. The fourth-order valence-electron chi connectivity index (χ4n) is 18.3. The zero-order valence-corrected chi connectivity index (χ0v) is 87.4. The van der Waals surface area contributed by atoms with E-state index in [9.17, 15) is 78.6 Å². The molecule has 7 aliphatic rings. The number of aliphatic hydroxyl groups excluding tert-OH is 3. The second-order valence-corrected chi connectivity index (χ2v) is 41.3. The number of fused-ring (bicyclic) bond motifs is 21. The van der Waals surface area contributed by atoms with Gasteiger partial charge in [-0.2, -0.15) is 0 Å². The largest absolute Gasteiger partial charge is 0.506 e. The summed E-state index contributed by atoms with van der Waals surface area (Å²) in [6.45, 7) is 53.3. The van der Waals surface area contributed by atoms with Gasteiger partial charge in [-0.05, 0) is 224 Å². The first-order valence-corrected chi connectivity index (χ1v) is 49.6. The van der Waals surface area contributed by atoms with E-state index in [1.54, 1.807) is 44.2 Å². The van der Waals surface area contributed by atoms with Crippen LogP contribution in [0.4, 0.5) is 0 Å². The highest BCUT2D eigenvalue weighted by atomic mass is 16.5.